The zero-order valence-electron chi connectivity index (χ0n) is 12.9. The Bertz CT molecular complexity index is 747. The average molecular weight is 299 g/mol. The summed E-state index contributed by atoms with van der Waals surface area (Å²) in [5.74, 6) is 0.906. The van der Waals surface area contributed by atoms with E-state index in [9.17, 15) is 0 Å². The first-order valence-corrected chi connectivity index (χ1v) is 6.84. The summed E-state index contributed by atoms with van der Waals surface area (Å²) in [5, 5.41) is 24.8. The van der Waals surface area contributed by atoms with Gasteiger partial charge in [-0.3, -0.25) is 0 Å². The molecule has 3 rings (SSSR count). The maximum atomic E-state index is 5.49. The van der Waals surface area contributed by atoms with E-state index in [1.54, 1.807) is 7.11 Å². The first kappa shape index (κ1) is 14.2. The van der Waals surface area contributed by atoms with Gasteiger partial charge in [-0.05, 0) is 37.6 Å². The molecular formula is C14H17N7O. The van der Waals surface area contributed by atoms with E-state index < -0.39 is 0 Å². The molecule has 1 aromatic heterocycles. The molecule has 0 saturated carbocycles. The monoisotopic (exact) mass is 299 g/mol. The zero-order chi connectivity index (χ0) is 15.7. The molecule has 2 aromatic rings. The number of anilines is 1. The second-order valence-corrected chi connectivity index (χ2v) is 5.66. The van der Waals surface area contributed by atoms with Crippen molar-refractivity contribution in [3.63, 3.8) is 0 Å². The third kappa shape index (κ3) is 2.67. The molecule has 0 unspecified atom stereocenters. The van der Waals surface area contributed by atoms with Crippen molar-refractivity contribution in [1.29, 1.82) is 0 Å². The number of hydrogen-bond donors (Lipinski definition) is 2. The summed E-state index contributed by atoms with van der Waals surface area (Å²) in [5.41, 5.74) is 3.70. The summed E-state index contributed by atoms with van der Waals surface area (Å²) in [7, 11) is 1.64. The van der Waals surface area contributed by atoms with Crippen LogP contribution in [0.15, 0.2) is 28.4 Å². The van der Waals surface area contributed by atoms with Crippen LogP contribution in [0.25, 0.3) is 5.57 Å². The van der Waals surface area contributed by atoms with Gasteiger partial charge >= 0.3 is 5.95 Å². The number of fused-ring (bicyclic) bond motifs is 1. The van der Waals surface area contributed by atoms with E-state index in [1.165, 1.54) is 0 Å². The zero-order valence-corrected chi connectivity index (χ0v) is 12.9. The summed E-state index contributed by atoms with van der Waals surface area (Å²) in [6, 6.07) is 3.78. The number of rotatable bonds is 3. The van der Waals surface area contributed by atoms with E-state index in [2.05, 4.69) is 63.0 Å². The number of H-pyrrole nitrogens is 1. The molecule has 0 spiro atoms. The van der Waals surface area contributed by atoms with Crippen molar-refractivity contribution in [1.82, 2.24) is 20.6 Å². The smallest absolute Gasteiger partial charge is 0.307 e. The number of nitrogens with zero attached hydrogens (tertiary/aromatic N) is 5. The Morgan fingerprint density at radius 1 is 1.23 bits per heavy atom. The topological polar surface area (TPSA) is 100 Å². The number of aromatic amines is 1. The van der Waals surface area contributed by atoms with E-state index in [1.807, 2.05) is 12.1 Å². The molecule has 8 heteroatoms. The lowest BCUT2D eigenvalue weighted by atomic mass is 9.90. The quantitative estimate of drug-likeness (QED) is 0.847. The highest BCUT2D eigenvalue weighted by Gasteiger charge is 2.25. The van der Waals surface area contributed by atoms with Gasteiger partial charge in [0, 0.05) is 11.6 Å². The van der Waals surface area contributed by atoms with Crippen LogP contribution in [-0.4, -0.2) is 33.3 Å². The van der Waals surface area contributed by atoms with E-state index in [4.69, 9.17) is 4.74 Å². The molecule has 1 aliphatic heterocycles. The van der Waals surface area contributed by atoms with Crippen molar-refractivity contribution < 1.29 is 4.74 Å². The number of benzene rings is 1. The van der Waals surface area contributed by atoms with Crippen molar-refractivity contribution in [2.45, 2.75) is 26.3 Å². The fourth-order valence-electron chi connectivity index (χ4n) is 2.54. The lowest BCUT2D eigenvalue weighted by molar-refractivity contribution is 0.415. The number of allylic oxidation sites excluding steroid dienone is 1. The molecule has 2 N–H and O–H groups in total. The summed E-state index contributed by atoms with van der Waals surface area (Å²) in [6.07, 6.45) is 2.18. The third-order valence-electron chi connectivity index (χ3n) is 3.35. The van der Waals surface area contributed by atoms with Crippen LogP contribution < -0.4 is 10.1 Å². The summed E-state index contributed by atoms with van der Waals surface area (Å²) in [4.78, 5) is 0. The van der Waals surface area contributed by atoms with Crippen LogP contribution in [0.2, 0.25) is 0 Å². The minimum Gasteiger partial charge on any atom is -0.494 e. The SMILES string of the molecule is COc1cc(N=Nc2nn[nH]n2)cc2c1NC(C)(C)C=C2C. The van der Waals surface area contributed by atoms with Gasteiger partial charge in [-0.25, -0.2) is 0 Å². The van der Waals surface area contributed by atoms with Crippen molar-refractivity contribution in [3.05, 3.63) is 23.8 Å². The third-order valence-corrected chi connectivity index (χ3v) is 3.35. The largest absolute Gasteiger partial charge is 0.494 e. The lowest BCUT2D eigenvalue weighted by Gasteiger charge is -2.32. The highest BCUT2D eigenvalue weighted by atomic mass is 16.5. The number of methoxy groups -OCH3 is 1. The van der Waals surface area contributed by atoms with Crippen molar-refractivity contribution in [2.75, 3.05) is 12.4 Å². The predicted molar refractivity (Wildman–Crippen MR) is 82.7 cm³/mol. The number of ether oxygens (including phenoxy) is 1. The van der Waals surface area contributed by atoms with E-state index >= 15 is 0 Å². The Kier molecular flexibility index (Phi) is 3.36. The maximum Gasteiger partial charge on any atom is 0.307 e. The normalized spacial score (nSPS) is 16.1. The molecule has 0 saturated heterocycles. The molecular weight excluding hydrogens is 282 g/mol. The second-order valence-electron chi connectivity index (χ2n) is 5.66. The summed E-state index contributed by atoms with van der Waals surface area (Å²) >= 11 is 0. The highest BCUT2D eigenvalue weighted by molar-refractivity contribution is 5.85. The maximum absolute atomic E-state index is 5.49. The van der Waals surface area contributed by atoms with Gasteiger partial charge < -0.3 is 10.1 Å². The first-order chi connectivity index (χ1) is 10.5. The molecule has 2 heterocycles. The van der Waals surface area contributed by atoms with Gasteiger partial charge in [0.2, 0.25) is 0 Å². The Morgan fingerprint density at radius 3 is 2.73 bits per heavy atom. The van der Waals surface area contributed by atoms with Gasteiger partial charge in [-0.15, -0.1) is 15.3 Å². The number of nitrogens with one attached hydrogen (secondary N) is 2. The van der Waals surface area contributed by atoms with E-state index in [-0.39, 0.29) is 11.5 Å². The first-order valence-electron chi connectivity index (χ1n) is 6.84. The van der Waals surface area contributed by atoms with Gasteiger partial charge in [0.25, 0.3) is 0 Å². The standard InChI is InChI=1S/C14H17N7O/c1-8-7-14(2,3)15-12-10(8)5-9(6-11(12)22-4)16-17-13-18-20-21-19-13/h5-7,15H,1-4H3,(H,18,19,20,21). The summed E-state index contributed by atoms with van der Waals surface area (Å²) in [6.45, 7) is 6.30. The Labute approximate surface area is 127 Å². The van der Waals surface area contributed by atoms with Gasteiger partial charge in [-0.1, -0.05) is 11.2 Å². The number of hydrogen-bond acceptors (Lipinski definition) is 7. The molecule has 1 aromatic carbocycles. The summed E-state index contributed by atoms with van der Waals surface area (Å²) < 4.78 is 5.49. The molecule has 0 amide bonds. The van der Waals surface area contributed by atoms with E-state index in [0.717, 1.165) is 22.6 Å². The van der Waals surface area contributed by atoms with Crippen molar-refractivity contribution >= 4 is 22.9 Å². The second kappa shape index (κ2) is 5.21. The molecule has 22 heavy (non-hydrogen) atoms. The number of aromatic nitrogens is 4. The molecule has 8 nitrogen and oxygen atoms in total. The van der Waals surface area contributed by atoms with Gasteiger partial charge in [0.1, 0.15) is 5.75 Å². The molecule has 114 valence electrons. The minimum absolute atomic E-state index is 0.127. The van der Waals surface area contributed by atoms with Crippen molar-refractivity contribution in [2.24, 2.45) is 10.2 Å². The van der Waals surface area contributed by atoms with Crippen LogP contribution in [0.5, 0.6) is 5.75 Å². The lowest BCUT2D eigenvalue weighted by Crippen LogP contribution is -2.31. The molecule has 0 atom stereocenters. The van der Waals surface area contributed by atoms with Gasteiger partial charge in [0.05, 0.1) is 24.0 Å². The minimum atomic E-state index is -0.127. The van der Waals surface area contributed by atoms with Crippen molar-refractivity contribution in [3.8, 4) is 5.75 Å². The fourth-order valence-corrected chi connectivity index (χ4v) is 2.54. The molecule has 1 aliphatic rings. The van der Waals surface area contributed by atoms with Crippen LogP contribution >= 0.6 is 0 Å². The molecule has 0 radical (unpaired) electrons. The number of azo groups is 1. The molecule has 0 aliphatic carbocycles. The van der Waals surface area contributed by atoms with Gasteiger partial charge in [-0.2, -0.15) is 5.21 Å². The van der Waals surface area contributed by atoms with Crippen LogP contribution in [0.4, 0.5) is 17.3 Å². The van der Waals surface area contributed by atoms with Gasteiger partial charge in [0.15, 0.2) is 0 Å². The average Bonchev–Trinajstić information content (AvgIpc) is 2.97. The highest BCUT2D eigenvalue weighted by Crippen LogP contribution is 2.42. The number of tetrazole rings is 1. The van der Waals surface area contributed by atoms with Crippen LogP contribution in [-0.2, 0) is 0 Å². The van der Waals surface area contributed by atoms with E-state index in [0.29, 0.717) is 5.69 Å². The van der Waals surface area contributed by atoms with Crippen LogP contribution in [0, 0.1) is 0 Å². The Hall–Kier alpha value is -2.77. The van der Waals surface area contributed by atoms with Crippen LogP contribution in [0.3, 0.4) is 0 Å². The molecule has 0 fully saturated rings. The molecule has 0 bridgehead atoms. The Morgan fingerprint density at radius 2 is 2.05 bits per heavy atom. The predicted octanol–water partition coefficient (Wildman–Crippen LogP) is 3.23. The Balaban J connectivity index is 2.04. The fraction of sp³-hybridized carbons (Fsp3) is 0.357. The van der Waals surface area contributed by atoms with Crippen LogP contribution in [0.1, 0.15) is 26.3 Å².